The first-order chi connectivity index (χ1) is 17.9. The molecule has 2 heterocycles. The number of aliphatic hydroxyl groups excluding tert-OH is 1. The molecule has 3 aromatic rings. The van der Waals surface area contributed by atoms with Gasteiger partial charge in [0.25, 0.3) is 0 Å². The van der Waals surface area contributed by atoms with Crippen LogP contribution in [0.3, 0.4) is 0 Å². The Bertz CT molecular complexity index is 1370. The van der Waals surface area contributed by atoms with E-state index in [2.05, 4.69) is 5.48 Å². The highest BCUT2D eigenvalue weighted by Crippen LogP contribution is 2.54. The quantitative estimate of drug-likeness (QED) is 0.352. The van der Waals surface area contributed by atoms with Crippen molar-refractivity contribution in [2.24, 2.45) is 0 Å². The second-order valence-electron chi connectivity index (χ2n) is 10.9. The number of nitrogens with one attached hydrogen (secondary N) is 1. The molecule has 3 aliphatic rings. The summed E-state index contributed by atoms with van der Waals surface area (Å²) in [6.45, 7) is 1.39. The Morgan fingerprint density at radius 2 is 1.89 bits per heavy atom. The van der Waals surface area contributed by atoms with Crippen molar-refractivity contribution in [3.05, 3.63) is 63.0 Å². The average Bonchev–Trinajstić information content (AvgIpc) is 3.54. The molecule has 8 nitrogen and oxygen atoms in total. The number of hydrogen-bond donors (Lipinski definition) is 4. The van der Waals surface area contributed by atoms with Crippen LogP contribution in [0.25, 0.3) is 11.0 Å². The molecule has 0 spiro atoms. The molecule has 0 amide bonds. The number of anilines is 1. The topological polar surface area (TPSA) is 121 Å². The lowest BCUT2D eigenvalue weighted by Gasteiger charge is -2.37. The van der Waals surface area contributed by atoms with Gasteiger partial charge in [0.2, 0.25) is 0 Å². The summed E-state index contributed by atoms with van der Waals surface area (Å²) in [6, 6.07) is 8.77. The van der Waals surface area contributed by atoms with Crippen LogP contribution in [0, 0.1) is 0 Å². The Morgan fingerprint density at radius 1 is 1.14 bits per heavy atom. The van der Waals surface area contributed by atoms with Crippen molar-refractivity contribution in [2.45, 2.75) is 88.6 Å². The summed E-state index contributed by atoms with van der Waals surface area (Å²) in [5.74, 6) is 1.24. The van der Waals surface area contributed by atoms with Crippen LogP contribution in [0.2, 0.25) is 0 Å². The molecule has 0 bridgehead atoms. The van der Waals surface area contributed by atoms with Gasteiger partial charge in [0.1, 0.15) is 40.9 Å². The van der Waals surface area contributed by atoms with E-state index in [1.54, 1.807) is 18.2 Å². The van der Waals surface area contributed by atoms with Crippen molar-refractivity contribution in [1.29, 1.82) is 0 Å². The maximum Gasteiger partial charge on any atom is 0.200 e. The molecule has 3 unspecified atom stereocenters. The van der Waals surface area contributed by atoms with Crippen LogP contribution in [-0.2, 0) is 13.0 Å². The van der Waals surface area contributed by atoms with Gasteiger partial charge < -0.3 is 24.1 Å². The maximum atomic E-state index is 14.1. The predicted octanol–water partition coefficient (Wildman–Crippen LogP) is 4.78. The van der Waals surface area contributed by atoms with Gasteiger partial charge in [-0.15, -0.1) is 0 Å². The van der Waals surface area contributed by atoms with Gasteiger partial charge in [0.15, 0.2) is 5.43 Å². The summed E-state index contributed by atoms with van der Waals surface area (Å²) in [5.41, 5.74) is 3.84. The fourth-order valence-electron chi connectivity index (χ4n) is 6.40. The second-order valence-corrected chi connectivity index (χ2v) is 10.9. The smallest absolute Gasteiger partial charge is 0.200 e. The summed E-state index contributed by atoms with van der Waals surface area (Å²) in [4.78, 5) is 14.1. The summed E-state index contributed by atoms with van der Waals surface area (Å²) < 4.78 is 19.1. The third kappa shape index (κ3) is 4.17. The number of fused-ring (bicyclic) bond motifs is 4. The van der Waals surface area contributed by atoms with Crippen LogP contribution in [0.15, 0.2) is 39.5 Å². The summed E-state index contributed by atoms with van der Waals surface area (Å²) in [5, 5.41) is 30.7. The van der Waals surface area contributed by atoms with Gasteiger partial charge in [-0.1, -0.05) is 12.1 Å². The van der Waals surface area contributed by atoms with Crippen molar-refractivity contribution in [3.63, 3.8) is 0 Å². The zero-order valence-electron chi connectivity index (χ0n) is 21.0. The van der Waals surface area contributed by atoms with Gasteiger partial charge in [-0.3, -0.25) is 15.5 Å². The Hall–Kier alpha value is -3.07. The van der Waals surface area contributed by atoms with Gasteiger partial charge in [-0.25, -0.2) is 0 Å². The van der Waals surface area contributed by atoms with E-state index in [9.17, 15) is 15.0 Å². The molecule has 0 radical (unpaired) electrons. The van der Waals surface area contributed by atoms with E-state index < -0.39 is 18.3 Å². The highest BCUT2D eigenvalue weighted by atomic mass is 16.5. The van der Waals surface area contributed by atoms with E-state index in [4.69, 9.17) is 19.1 Å². The van der Waals surface area contributed by atoms with Crippen molar-refractivity contribution >= 4 is 16.7 Å². The fraction of sp³-hybridized carbons (Fsp3) is 0.483. The normalized spacial score (nSPS) is 25.1. The molecule has 2 saturated carbocycles. The Balaban J connectivity index is 1.54. The van der Waals surface area contributed by atoms with Gasteiger partial charge >= 0.3 is 0 Å². The van der Waals surface area contributed by atoms with E-state index in [0.29, 0.717) is 40.1 Å². The molecular formula is C29H33NO7. The highest BCUT2D eigenvalue weighted by molar-refractivity contribution is 5.89. The third-order valence-corrected chi connectivity index (χ3v) is 8.31. The standard InChI is InChI=1S/C29H33NO7/c1-29(33)12-4-7-19-24-21(37-28(19)29)14-22-25(27(24)35-18-5-2-3-6-18)26(32)20(23(15-31)36-22)13-16-8-10-17(30-34)11-9-16/h8-11,14,18-19,28,30-31,33-34H,2-7,12-13,15H2,1H3. The molecule has 3 atom stereocenters. The summed E-state index contributed by atoms with van der Waals surface area (Å²) in [7, 11) is 0. The van der Waals surface area contributed by atoms with E-state index in [0.717, 1.165) is 49.7 Å². The molecule has 37 heavy (non-hydrogen) atoms. The molecule has 8 heteroatoms. The average molecular weight is 508 g/mol. The van der Waals surface area contributed by atoms with Crippen molar-refractivity contribution in [3.8, 4) is 11.5 Å². The van der Waals surface area contributed by atoms with Crippen molar-refractivity contribution in [1.82, 2.24) is 0 Å². The predicted molar refractivity (Wildman–Crippen MR) is 138 cm³/mol. The highest BCUT2D eigenvalue weighted by Gasteiger charge is 2.50. The third-order valence-electron chi connectivity index (χ3n) is 8.31. The lowest BCUT2D eigenvalue weighted by molar-refractivity contribution is -0.0725. The molecule has 2 aliphatic carbocycles. The lowest BCUT2D eigenvalue weighted by atomic mass is 9.74. The Morgan fingerprint density at radius 3 is 2.59 bits per heavy atom. The van der Waals surface area contributed by atoms with Crippen LogP contribution in [0.5, 0.6) is 11.5 Å². The summed E-state index contributed by atoms with van der Waals surface area (Å²) in [6.07, 6.45) is 6.24. The van der Waals surface area contributed by atoms with Gasteiger partial charge in [0, 0.05) is 29.5 Å². The molecule has 6 rings (SSSR count). The number of aliphatic hydroxyl groups is 2. The molecule has 1 aliphatic heterocycles. The maximum absolute atomic E-state index is 14.1. The SMILES string of the molecule is CC1(O)CCCC2c3c(cc4oc(CO)c(Cc5ccc(NO)cc5)c(=O)c4c3OC3CCCC3)OC21. The van der Waals surface area contributed by atoms with E-state index in [-0.39, 0.29) is 29.6 Å². The van der Waals surface area contributed by atoms with Crippen LogP contribution in [0.1, 0.15) is 80.2 Å². The zero-order chi connectivity index (χ0) is 25.7. The second kappa shape index (κ2) is 9.35. The molecule has 2 aromatic carbocycles. The minimum absolute atomic E-state index is 0.0109. The zero-order valence-corrected chi connectivity index (χ0v) is 21.0. The largest absolute Gasteiger partial charge is 0.489 e. The monoisotopic (exact) mass is 507 g/mol. The Kier molecular flexibility index (Phi) is 6.13. The molecule has 1 aromatic heterocycles. The number of ether oxygens (including phenoxy) is 2. The van der Waals surface area contributed by atoms with Gasteiger partial charge in [-0.05, 0) is 69.6 Å². The first-order valence-electron chi connectivity index (χ1n) is 13.2. The van der Waals surface area contributed by atoms with Crippen LogP contribution in [0.4, 0.5) is 5.69 Å². The Labute approximate surface area is 214 Å². The van der Waals surface area contributed by atoms with E-state index >= 15 is 0 Å². The van der Waals surface area contributed by atoms with Crippen LogP contribution in [-0.4, -0.2) is 33.2 Å². The summed E-state index contributed by atoms with van der Waals surface area (Å²) >= 11 is 0. The van der Waals surface area contributed by atoms with Crippen molar-refractivity contribution < 1.29 is 29.3 Å². The van der Waals surface area contributed by atoms with E-state index in [1.807, 2.05) is 19.1 Å². The van der Waals surface area contributed by atoms with E-state index in [1.165, 1.54) is 0 Å². The minimum Gasteiger partial charge on any atom is -0.489 e. The number of benzene rings is 2. The lowest BCUT2D eigenvalue weighted by Crippen LogP contribution is -2.47. The first-order valence-corrected chi connectivity index (χ1v) is 13.2. The number of rotatable bonds is 6. The molecule has 4 N–H and O–H groups in total. The minimum atomic E-state index is -0.979. The van der Waals surface area contributed by atoms with Crippen LogP contribution >= 0.6 is 0 Å². The molecule has 0 saturated heterocycles. The van der Waals surface area contributed by atoms with Gasteiger partial charge in [-0.2, -0.15) is 0 Å². The van der Waals surface area contributed by atoms with Crippen LogP contribution < -0.4 is 20.4 Å². The molecule has 2 fully saturated rings. The molecular weight excluding hydrogens is 474 g/mol. The molecule has 196 valence electrons. The first kappa shape index (κ1) is 24.3. The van der Waals surface area contributed by atoms with Crippen molar-refractivity contribution in [2.75, 3.05) is 5.48 Å². The fourth-order valence-corrected chi connectivity index (χ4v) is 6.40. The number of hydrogen-bond acceptors (Lipinski definition) is 8. The van der Waals surface area contributed by atoms with Gasteiger partial charge in [0.05, 0.1) is 17.4 Å².